The summed E-state index contributed by atoms with van der Waals surface area (Å²) in [6, 6.07) is 23.0. The van der Waals surface area contributed by atoms with Crippen molar-refractivity contribution < 1.29 is 19.2 Å². The minimum Gasteiger partial charge on any atom is -0.488 e. The molecule has 0 fully saturated rings. The number of nitro benzene ring substituents is 1. The summed E-state index contributed by atoms with van der Waals surface area (Å²) in [6.45, 7) is 1.67. The third-order valence-electron chi connectivity index (χ3n) is 4.72. The zero-order valence-corrected chi connectivity index (χ0v) is 16.7. The van der Waals surface area contributed by atoms with Gasteiger partial charge in [0, 0.05) is 13.0 Å². The number of amides is 1. The first kappa shape index (κ1) is 20.1. The molecule has 0 bridgehead atoms. The van der Waals surface area contributed by atoms with Crippen LogP contribution >= 0.6 is 0 Å². The van der Waals surface area contributed by atoms with Crippen molar-refractivity contribution in [3.8, 4) is 5.75 Å². The maximum atomic E-state index is 12.2. The standard InChI is InChI=1S/C23H19N3O5/c1-16(27)25-23(18-11-5-7-13-20(18)26(28)29)31-22(24-25)19-12-6-8-14-21(19)30-15-17-9-3-2-4-10-17/h2-14,23H,15H2,1H3/t23-/m1/s1. The van der Waals surface area contributed by atoms with Crippen molar-refractivity contribution in [3.05, 3.63) is 106 Å². The van der Waals surface area contributed by atoms with Crippen LogP contribution in [0, 0.1) is 10.1 Å². The predicted molar refractivity (Wildman–Crippen MR) is 113 cm³/mol. The van der Waals surface area contributed by atoms with Crippen molar-refractivity contribution in [2.24, 2.45) is 5.10 Å². The van der Waals surface area contributed by atoms with E-state index in [1.165, 1.54) is 13.0 Å². The van der Waals surface area contributed by atoms with Gasteiger partial charge in [-0.1, -0.05) is 54.6 Å². The number of rotatable bonds is 6. The van der Waals surface area contributed by atoms with Gasteiger partial charge in [0.1, 0.15) is 12.4 Å². The van der Waals surface area contributed by atoms with Gasteiger partial charge in [-0.25, -0.2) is 0 Å². The summed E-state index contributed by atoms with van der Waals surface area (Å²) >= 11 is 0. The Morgan fingerprint density at radius 3 is 2.48 bits per heavy atom. The number of nitro groups is 1. The largest absolute Gasteiger partial charge is 0.488 e. The highest BCUT2D eigenvalue weighted by atomic mass is 16.6. The van der Waals surface area contributed by atoms with Crippen LogP contribution in [0.2, 0.25) is 0 Å². The Balaban J connectivity index is 1.65. The molecule has 0 aliphatic carbocycles. The van der Waals surface area contributed by atoms with Gasteiger partial charge in [0.2, 0.25) is 18.0 Å². The molecule has 31 heavy (non-hydrogen) atoms. The maximum absolute atomic E-state index is 12.2. The van der Waals surface area contributed by atoms with Gasteiger partial charge in [-0.15, -0.1) is 5.10 Å². The third-order valence-corrected chi connectivity index (χ3v) is 4.72. The first-order chi connectivity index (χ1) is 15.0. The molecule has 8 nitrogen and oxygen atoms in total. The lowest BCUT2D eigenvalue weighted by Gasteiger charge is -2.19. The number of hydrogen-bond donors (Lipinski definition) is 0. The average molecular weight is 417 g/mol. The second-order valence-electron chi connectivity index (χ2n) is 6.83. The van der Waals surface area contributed by atoms with Gasteiger partial charge < -0.3 is 9.47 Å². The summed E-state index contributed by atoms with van der Waals surface area (Å²) in [6.07, 6.45) is -1.05. The minimum absolute atomic E-state index is 0.149. The Kier molecular flexibility index (Phi) is 5.61. The number of ether oxygens (including phenoxy) is 2. The second kappa shape index (κ2) is 8.66. The predicted octanol–water partition coefficient (Wildman–Crippen LogP) is 4.41. The molecule has 0 unspecified atom stereocenters. The van der Waals surface area contributed by atoms with Gasteiger partial charge in [0.25, 0.3) is 5.69 Å². The molecular weight excluding hydrogens is 398 g/mol. The molecule has 156 valence electrons. The monoisotopic (exact) mass is 417 g/mol. The Hall–Kier alpha value is -4.20. The molecule has 0 saturated carbocycles. The van der Waals surface area contributed by atoms with E-state index in [1.807, 2.05) is 36.4 Å². The SMILES string of the molecule is CC(=O)N1N=C(c2ccccc2OCc2ccccc2)O[C@@H]1c1ccccc1[N+](=O)[O-]. The van der Waals surface area contributed by atoms with Gasteiger partial charge in [0.15, 0.2) is 0 Å². The number of nitrogens with zero attached hydrogens (tertiary/aromatic N) is 3. The Labute approximate surface area is 178 Å². The van der Waals surface area contributed by atoms with Crippen LogP contribution in [-0.2, 0) is 16.1 Å². The summed E-state index contributed by atoms with van der Waals surface area (Å²) in [5, 5.41) is 16.9. The second-order valence-corrected chi connectivity index (χ2v) is 6.83. The zero-order chi connectivity index (χ0) is 21.8. The number of para-hydroxylation sites is 2. The highest BCUT2D eigenvalue weighted by Gasteiger charge is 2.37. The van der Waals surface area contributed by atoms with Crippen molar-refractivity contribution in [1.29, 1.82) is 0 Å². The molecule has 1 amide bonds. The van der Waals surface area contributed by atoms with E-state index < -0.39 is 17.1 Å². The van der Waals surface area contributed by atoms with Crippen LogP contribution in [0.15, 0.2) is 84.0 Å². The van der Waals surface area contributed by atoms with E-state index in [0.717, 1.165) is 10.6 Å². The fraction of sp³-hybridized carbons (Fsp3) is 0.130. The van der Waals surface area contributed by atoms with Crippen molar-refractivity contribution in [3.63, 3.8) is 0 Å². The molecule has 4 rings (SSSR count). The molecule has 8 heteroatoms. The number of carbonyl (C=O) groups is 1. The van der Waals surface area contributed by atoms with Crippen LogP contribution in [0.3, 0.4) is 0 Å². The van der Waals surface area contributed by atoms with Gasteiger partial charge in [-0.3, -0.25) is 14.9 Å². The molecule has 3 aromatic rings. The Morgan fingerprint density at radius 2 is 1.74 bits per heavy atom. The molecule has 3 aromatic carbocycles. The Morgan fingerprint density at radius 1 is 1.06 bits per heavy atom. The van der Waals surface area contributed by atoms with E-state index in [9.17, 15) is 14.9 Å². The number of hydrazone groups is 1. The van der Waals surface area contributed by atoms with Gasteiger partial charge >= 0.3 is 0 Å². The average Bonchev–Trinajstić information content (AvgIpc) is 3.24. The fourth-order valence-electron chi connectivity index (χ4n) is 3.24. The van der Waals surface area contributed by atoms with Gasteiger partial charge in [-0.2, -0.15) is 5.01 Å². The molecule has 0 spiro atoms. The van der Waals surface area contributed by atoms with Crippen LogP contribution in [0.1, 0.15) is 29.8 Å². The highest BCUT2D eigenvalue weighted by molar-refractivity contribution is 5.98. The number of hydrogen-bond acceptors (Lipinski definition) is 6. The van der Waals surface area contributed by atoms with E-state index >= 15 is 0 Å². The molecule has 0 saturated heterocycles. The van der Waals surface area contributed by atoms with E-state index in [4.69, 9.17) is 9.47 Å². The molecule has 1 heterocycles. The number of carbonyl (C=O) groups excluding carboxylic acids is 1. The molecule has 1 aliphatic rings. The normalized spacial score (nSPS) is 15.2. The third kappa shape index (κ3) is 4.23. The molecule has 0 radical (unpaired) electrons. The van der Waals surface area contributed by atoms with Gasteiger partial charge in [-0.05, 0) is 23.8 Å². The van der Waals surface area contributed by atoms with Crippen molar-refractivity contribution >= 4 is 17.5 Å². The zero-order valence-electron chi connectivity index (χ0n) is 16.7. The first-order valence-corrected chi connectivity index (χ1v) is 9.59. The van der Waals surface area contributed by atoms with Crippen LogP contribution in [0.25, 0.3) is 0 Å². The van der Waals surface area contributed by atoms with Crippen LogP contribution in [0.5, 0.6) is 5.75 Å². The van der Waals surface area contributed by atoms with E-state index in [0.29, 0.717) is 17.9 Å². The molecule has 1 aliphatic heterocycles. The van der Waals surface area contributed by atoms with Crippen molar-refractivity contribution in [1.82, 2.24) is 5.01 Å². The number of benzene rings is 3. The smallest absolute Gasteiger partial charge is 0.278 e. The van der Waals surface area contributed by atoms with Crippen molar-refractivity contribution in [2.45, 2.75) is 19.8 Å². The summed E-state index contributed by atoms with van der Waals surface area (Å²) in [5.41, 5.74) is 1.63. The fourth-order valence-corrected chi connectivity index (χ4v) is 3.24. The minimum atomic E-state index is -1.05. The molecular formula is C23H19N3O5. The summed E-state index contributed by atoms with van der Waals surface area (Å²) < 4.78 is 11.9. The highest BCUT2D eigenvalue weighted by Crippen LogP contribution is 2.36. The summed E-state index contributed by atoms with van der Waals surface area (Å²) in [4.78, 5) is 23.2. The first-order valence-electron chi connectivity index (χ1n) is 9.59. The van der Waals surface area contributed by atoms with Crippen molar-refractivity contribution in [2.75, 3.05) is 0 Å². The maximum Gasteiger partial charge on any atom is 0.278 e. The van der Waals surface area contributed by atoms with E-state index in [1.54, 1.807) is 36.4 Å². The Bertz CT molecular complexity index is 1150. The summed E-state index contributed by atoms with van der Waals surface area (Å²) in [7, 11) is 0. The quantitative estimate of drug-likeness (QED) is 0.437. The van der Waals surface area contributed by atoms with E-state index in [2.05, 4.69) is 5.10 Å². The summed E-state index contributed by atoms with van der Waals surface area (Å²) in [5.74, 6) is 0.277. The molecule has 0 aromatic heterocycles. The van der Waals surface area contributed by atoms with E-state index in [-0.39, 0.29) is 17.1 Å². The van der Waals surface area contributed by atoms with Crippen LogP contribution in [0.4, 0.5) is 5.69 Å². The lowest BCUT2D eigenvalue weighted by molar-refractivity contribution is -0.386. The molecule has 1 atom stereocenters. The van der Waals surface area contributed by atoms with Gasteiger partial charge in [0.05, 0.1) is 16.1 Å². The molecule has 0 N–H and O–H groups in total. The lowest BCUT2D eigenvalue weighted by Crippen LogP contribution is -2.25. The topological polar surface area (TPSA) is 94.3 Å². The van der Waals surface area contributed by atoms with Crippen LogP contribution < -0.4 is 4.74 Å². The lowest BCUT2D eigenvalue weighted by atomic mass is 10.1. The van der Waals surface area contributed by atoms with Crippen LogP contribution in [-0.4, -0.2) is 21.7 Å².